The van der Waals surface area contributed by atoms with Crippen molar-refractivity contribution < 1.29 is 4.74 Å². The average molecular weight is 316 g/mol. The smallest absolute Gasteiger partial charge is 0.0475 e. The highest BCUT2D eigenvalue weighted by Gasteiger charge is 2.37. The van der Waals surface area contributed by atoms with Crippen LogP contribution in [-0.2, 0) is 10.2 Å². The number of nitrogens with one attached hydrogen (secondary N) is 1. The molecule has 0 bridgehead atoms. The summed E-state index contributed by atoms with van der Waals surface area (Å²) in [5.74, 6) is 0.633. The minimum atomic E-state index is -0.0113. The standard InChI is InChI=1S/C16H23Cl2NO/c1-12(2)10-19-11-16(6-8-20-9-7-16)15-13(17)4-3-5-14(15)18/h3-5,12,19H,6-11H2,1-2H3. The quantitative estimate of drug-likeness (QED) is 0.875. The summed E-state index contributed by atoms with van der Waals surface area (Å²) >= 11 is 12.9. The summed E-state index contributed by atoms with van der Waals surface area (Å²) in [6.45, 7) is 7.87. The van der Waals surface area contributed by atoms with Crippen LogP contribution in [0.2, 0.25) is 10.0 Å². The summed E-state index contributed by atoms with van der Waals surface area (Å²) in [5, 5.41) is 5.11. The fraction of sp³-hybridized carbons (Fsp3) is 0.625. The van der Waals surface area contributed by atoms with Gasteiger partial charge >= 0.3 is 0 Å². The molecule has 112 valence electrons. The van der Waals surface area contributed by atoms with Crippen molar-refractivity contribution in [3.8, 4) is 0 Å². The van der Waals surface area contributed by atoms with Gasteiger partial charge in [-0.2, -0.15) is 0 Å². The van der Waals surface area contributed by atoms with Crippen molar-refractivity contribution in [1.82, 2.24) is 5.32 Å². The van der Waals surface area contributed by atoms with E-state index in [1.54, 1.807) is 0 Å². The Balaban J connectivity index is 2.26. The Morgan fingerprint density at radius 2 is 1.80 bits per heavy atom. The molecule has 0 amide bonds. The summed E-state index contributed by atoms with van der Waals surface area (Å²) in [6, 6.07) is 5.77. The lowest BCUT2D eigenvalue weighted by Gasteiger charge is -2.39. The summed E-state index contributed by atoms with van der Waals surface area (Å²) < 4.78 is 5.54. The normalized spacial score (nSPS) is 18.4. The van der Waals surface area contributed by atoms with Gasteiger partial charge in [0.05, 0.1) is 0 Å². The molecule has 1 N–H and O–H groups in total. The van der Waals surface area contributed by atoms with Crippen molar-refractivity contribution in [2.24, 2.45) is 5.92 Å². The zero-order valence-electron chi connectivity index (χ0n) is 12.2. The van der Waals surface area contributed by atoms with E-state index in [1.165, 1.54) is 0 Å². The van der Waals surface area contributed by atoms with Crippen molar-refractivity contribution >= 4 is 23.2 Å². The number of benzene rings is 1. The monoisotopic (exact) mass is 315 g/mol. The van der Waals surface area contributed by atoms with Crippen LogP contribution in [0.1, 0.15) is 32.3 Å². The molecule has 4 heteroatoms. The Bertz CT molecular complexity index is 422. The molecule has 1 saturated heterocycles. The average Bonchev–Trinajstić information content (AvgIpc) is 2.39. The van der Waals surface area contributed by atoms with E-state index >= 15 is 0 Å². The van der Waals surface area contributed by atoms with Gasteiger partial charge in [-0.15, -0.1) is 0 Å². The number of ether oxygens (including phenoxy) is 1. The Kier molecular flexibility index (Phi) is 5.74. The molecule has 2 rings (SSSR count). The molecule has 0 unspecified atom stereocenters. The van der Waals surface area contributed by atoms with Gasteiger partial charge in [-0.25, -0.2) is 0 Å². The first-order valence-electron chi connectivity index (χ1n) is 7.28. The summed E-state index contributed by atoms with van der Waals surface area (Å²) in [6.07, 6.45) is 1.92. The topological polar surface area (TPSA) is 21.3 Å². The van der Waals surface area contributed by atoms with Gasteiger partial charge in [-0.1, -0.05) is 43.1 Å². The molecule has 1 aromatic rings. The van der Waals surface area contributed by atoms with E-state index in [-0.39, 0.29) is 5.41 Å². The molecule has 1 fully saturated rings. The molecule has 1 heterocycles. The van der Waals surface area contributed by atoms with Crippen LogP contribution >= 0.6 is 23.2 Å². The van der Waals surface area contributed by atoms with Crippen molar-refractivity contribution in [2.45, 2.75) is 32.1 Å². The predicted octanol–water partition coefficient (Wildman–Crippen LogP) is 4.29. The van der Waals surface area contributed by atoms with E-state index in [0.29, 0.717) is 5.92 Å². The van der Waals surface area contributed by atoms with E-state index in [9.17, 15) is 0 Å². The van der Waals surface area contributed by atoms with E-state index in [1.807, 2.05) is 18.2 Å². The van der Waals surface area contributed by atoms with E-state index < -0.39 is 0 Å². The molecule has 0 atom stereocenters. The second kappa shape index (κ2) is 7.13. The SMILES string of the molecule is CC(C)CNCC1(c2c(Cl)cccc2Cl)CCOCC1. The summed E-state index contributed by atoms with van der Waals surface area (Å²) in [4.78, 5) is 0. The van der Waals surface area contributed by atoms with E-state index in [4.69, 9.17) is 27.9 Å². The molecule has 1 aliphatic heterocycles. The van der Waals surface area contributed by atoms with Crippen LogP contribution in [0.3, 0.4) is 0 Å². The zero-order chi connectivity index (χ0) is 14.6. The van der Waals surface area contributed by atoms with Gasteiger partial charge in [0.25, 0.3) is 0 Å². The van der Waals surface area contributed by atoms with Crippen LogP contribution in [0.25, 0.3) is 0 Å². The highest BCUT2D eigenvalue weighted by Crippen LogP contribution is 2.42. The number of rotatable bonds is 5. The van der Waals surface area contributed by atoms with Crippen molar-refractivity contribution in [1.29, 1.82) is 0 Å². The van der Waals surface area contributed by atoms with Gasteiger partial charge in [-0.05, 0) is 43.0 Å². The Morgan fingerprint density at radius 1 is 1.20 bits per heavy atom. The molecule has 0 radical (unpaired) electrons. The first kappa shape index (κ1) is 16.1. The van der Waals surface area contributed by atoms with Gasteiger partial charge in [0.1, 0.15) is 0 Å². The van der Waals surface area contributed by atoms with Gasteiger partial charge in [-0.3, -0.25) is 0 Å². The number of hydrogen-bond donors (Lipinski definition) is 1. The molecule has 1 aliphatic rings. The molecule has 0 aromatic heterocycles. The summed E-state index contributed by atoms with van der Waals surface area (Å²) in [5.41, 5.74) is 1.07. The lowest BCUT2D eigenvalue weighted by molar-refractivity contribution is 0.0498. The maximum Gasteiger partial charge on any atom is 0.0475 e. The van der Waals surface area contributed by atoms with Gasteiger partial charge in [0.2, 0.25) is 0 Å². The van der Waals surface area contributed by atoms with E-state index in [0.717, 1.165) is 54.8 Å². The van der Waals surface area contributed by atoms with Crippen molar-refractivity contribution in [3.05, 3.63) is 33.8 Å². The van der Waals surface area contributed by atoms with Crippen LogP contribution in [0.5, 0.6) is 0 Å². The number of hydrogen-bond acceptors (Lipinski definition) is 2. The van der Waals surface area contributed by atoms with Crippen LogP contribution in [0.15, 0.2) is 18.2 Å². The molecule has 0 aliphatic carbocycles. The van der Waals surface area contributed by atoms with Crippen LogP contribution < -0.4 is 5.32 Å². The molecule has 0 spiro atoms. The lowest BCUT2D eigenvalue weighted by Crippen LogP contribution is -2.44. The third-order valence-electron chi connectivity index (χ3n) is 3.96. The highest BCUT2D eigenvalue weighted by atomic mass is 35.5. The fourth-order valence-electron chi connectivity index (χ4n) is 2.88. The minimum absolute atomic E-state index is 0.0113. The molecular formula is C16H23Cl2NO. The molecule has 2 nitrogen and oxygen atoms in total. The van der Waals surface area contributed by atoms with Crippen molar-refractivity contribution in [3.63, 3.8) is 0 Å². The first-order chi connectivity index (χ1) is 9.55. The molecule has 20 heavy (non-hydrogen) atoms. The second-order valence-electron chi connectivity index (χ2n) is 6.01. The third kappa shape index (κ3) is 3.67. The van der Waals surface area contributed by atoms with Gasteiger partial charge in [0.15, 0.2) is 0 Å². The van der Waals surface area contributed by atoms with Crippen LogP contribution in [-0.4, -0.2) is 26.3 Å². The fourth-order valence-corrected chi connectivity index (χ4v) is 3.68. The second-order valence-corrected chi connectivity index (χ2v) is 6.83. The first-order valence-corrected chi connectivity index (χ1v) is 8.04. The predicted molar refractivity (Wildman–Crippen MR) is 85.9 cm³/mol. The Hall–Kier alpha value is -0.280. The van der Waals surface area contributed by atoms with E-state index in [2.05, 4.69) is 19.2 Å². The van der Waals surface area contributed by atoms with Crippen LogP contribution in [0, 0.1) is 5.92 Å². The third-order valence-corrected chi connectivity index (χ3v) is 4.59. The maximum absolute atomic E-state index is 6.44. The molecule has 0 saturated carbocycles. The van der Waals surface area contributed by atoms with Crippen LogP contribution in [0.4, 0.5) is 0 Å². The summed E-state index contributed by atoms with van der Waals surface area (Å²) in [7, 11) is 0. The molecule has 1 aromatic carbocycles. The largest absolute Gasteiger partial charge is 0.381 e. The minimum Gasteiger partial charge on any atom is -0.381 e. The van der Waals surface area contributed by atoms with Crippen molar-refractivity contribution in [2.75, 3.05) is 26.3 Å². The van der Waals surface area contributed by atoms with Gasteiger partial charge < -0.3 is 10.1 Å². The molecular weight excluding hydrogens is 293 g/mol. The zero-order valence-corrected chi connectivity index (χ0v) is 13.7. The maximum atomic E-state index is 6.44. The number of halogens is 2. The van der Waals surface area contributed by atoms with Gasteiger partial charge in [0, 0.05) is 35.2 Å². The lowest BCUT2D eigenvalue weighted by atomic mass is 9.74. The Labute approximate surface area is 131 Å². The highest BCUT2D eigenvalue weighted by molar-refractivity contribution is 6.36. The Morgan fingerprint density at radius 3 is 2.35 bits per heavy atom.